The summed E-state index contributed by atoms with van der Waals surface area (Å²) in [7, 11) is -3.13. The van der Waals surface area contributed by atoms with Crippen LogP contribution < -0.4 is 10.6 Å². The fraction of sp³-hybridized carbons (Fsp3) is 0.250. The van der Waals surface area contributed by atoms with Crippen LogP contribution in [0.4, 0.5) is 0 Å². The predicted octanol–water partition coefficient (Wildman–Crippen LogP) is 1.38. The van der Waals surface area contributed by atoms with Gasteiger partial charge in [-0.1, -0.05) is 11.6 Å². The fourth-order valence-electron chi connectivity index (χ4n) is 1.68. The van der Waals surface area contributed by atoms with Gasteiger partial charge in [0.1, 0.15) is 5.69 Å². The minimum atomic E-state index is -3.13. The minimum Gasteiger partial charge on any atom is -0.350 e. The normalized spacial score (nSPS) is 14.4. The lowest BCUT2D eigenvalue weighted by Crippen LogP contribution is -2.18. The smallest absolute Gasteiger partial charge is 0.291 e. The van der Waals surface area contributed by atoms with Gasteiger partial charge in [-0.2, -0.15) is 0 Å². The molecule has 1 aromatic heterocycles. The molecule has 9 heteroatoms. The number of benzene rings is 1. The molecule has 21 heavy (non-hydrogen) atoms. The topological polar surface area (TPSA) is 125 Å². The number of hydrogen-bond donors (Lipinski definition) is 4. The molecule has 1 amide bonds. The number of rotatable bonds is 2. The molecular formula is C12H14ClN3O4S. The van der Waals surface area contributed by atoms with Crippen molar-refractivity contribution in [3.63, 3.8) is 0 Å². The fourth-order valence-corrected chi connectivity index (χ4v) is 2.66. The van der Waals surface area contributed by atoms with Crippen LogP contribution in [-0.4, -0.2) is 29.8 Å². The molecule has 0 spiro atoms. The number of aromatic nitrogens is 1. The molecular weight excluding hydrogens is 318 g/mol. The van der Waals surface area contributed by atoms with Gasteiger partial charge in [0.25, 0.3) is 5.91 Å². The Bertz CT molecular complexity index is 768. The number of carbonyl (C=O) groups excluding carboxylic acids is 1. The van der Waals surface area contributed by atoms with Gasteiger partial charge >= 0.3 is 0 Å². The van der Waals surface area contributed by atoms with Gasteiger partial charge in [0.05, 0.1) is 5.25 Å². The maximum Gasteiger partial charge on any atom is 0.291 e. The van der Waals surface area contributed by atoms with Crippen LogP contribution in [0.2, 0.25) is 5.02 Å². The Morgan fingerprint density at radius 2 is 2.05 bits per heavy atom. The number of carbonyl (C=O) groups is 1. The molecule has 0 atom stereocenters. The van der Waals surface area contributed by atoms with Gasteiger partial charge in [0, 0.05) is 15.9 Å². The average molecular weight is 332 g/mol. The van der Waals surface area contributed by atoms with Crippen LogP contribution in [0.15, 0.2) is 24.3 Å². The Morgan fingerprint density at radius 3 is 2.52 bits per heavy atom. The summed E-state index contributed by atoms with van der Waals surface area (Å²) >= 11 is 5.78. The van der Waals surface area contributed by atoms with Crippen molar-refractivity contribution in [1.29, 1.82) is 0 Å². The number of nitrogens with one attached hydrogen (secondary N) is 2. The van der Waals surface area contributed by atoms with Crippen molar-refractivity contribution in [3.05, 3.63) is 35.0 Å². The highest BCUT2D eigenvalue weighted by atomic mass is 35.5. The highest BCUT2D eigenvalue weighted by Crippen LogP contribution is 2.25. The third kappa shape index (κ3) is 4.18. The van der Waals surface area contributed by atoms with Crippen LogP contribution in [-0.2, 0) is 10.0 Å². The monoisotopic (exact) mass is 331 g/mol. The summed E-state index contributed by atoms with van der Waals surface area (Å²) < 4.78 is 20.3. The zero-order valence-electron chi connectivity index (χ0n) is 10.8. The predicted molar refractivity (Wildman–Crippen MR) is 78.7 cm³/mol. The number of aromatic amines is 1. The second kappa shape index (κ2) is 6.02. The number of sulfonamides is 1. The number of halogens is 1. The van der Waals surface area contributed by atoms with Crippen LogP contribution in [0, 0.1) is 0 Å². The number of primary sulfonamides is 1. The molecule has 1 heterocycles. The molecule has 1 aliphatic carbocycles. The van der Waals surface area contributed by atoms with E-state index in [0.717, 1.165) is 23.7 Å². The Hall–Kier alpha value is -1.61. The number of hydroxylamine groups is 1. The van der Waals surface area contributed by atoms with Crippen molar-refractivity contribution in [3.8, 4) is 0 Å². The van der Waals surface area contributed by atoms with Crippen molar-refractivity contribution in [1.82, 2.24) is 10.5 Å². The van der Waals surface area contributed by atoms with Gasteiger partial charge in [-0.25, -0.2) is 19.0 Å². The highest BCUT2D eigenvalue weighted by Gasteiger charge is 2.32. The Kier molecular flexibility index (Phi) is 4.52. The molecule has 0 radical (unpaired) electrons. The number of H-pyrrole nitrogens is 1. The zero-order valence-corrected chi connectivity index (χ0v) is 12.4. The van der Waals surface area contributed by atoms with E-state index in [4.69, 9.17) is 21.9 Å². The van der Waals surface area contributed by atoms with E-state index in [1.54, 1.807) is 29.7 Å². The molecule has 1 aromatic carbocycles. The average Bonchev–Trinajstić information content (AvgIpc) is 3.19. The summed E-state index contributed by atoms with van der Waals surface area (Å²) in [5.74, 6) is -0.572. The Balaban J connectivity index is 0.000000194. The molecule has 2 aromatic rings. The van der Waals surface area contributed by atoms with Gasteiger partial charge < -0.3 is 4.98 Å². The lowest BCUT2D eigenvalue weighted by molar-refractivity contribution is 0.0701. The first-order valence-electron chi connectivity index (χ1n) is 6.05. The summed E-state index contributed by atoms with van der Waals surface area (Å²) in [6.45, 7) is 0. The largest absolute Gasteiger partial charge is 0.350 e. The molecule has 114 valence electrons. The first kappa shape index (κ1) is 15.8. The van der Waals surface area contributed by atoms with E-state index in [9.17, 15) is 13.2 Å². The summed E-state index contributed by atoms with van der Waals surface area (Å²) in [5.41, 5.74) is 2.65. The van der Waals surface area contributed by atoms with E-state index in [0.29, 0.717) is 10.7 Å². The van der Waals surface area contributed by atoms with Gasteiger partial charge in [0.2, 0.25) is 10.0 Å². The summed E-state index contributed by atoms with van der Waals surface area (Å²) in [5, 5.41) is 14.4. The second-order valence-corrected chi connectivity index (χ2v) is 6.93. The standard InChI is InChI=1S/C9H7ClN2O2.C3H7NO2S/c10-6-1-2-7-5(3-6)4-8(11-7)9(13)12-14;4-7(5,6)3-1-2-3/h1-4,11,14H,(H,12,13);3H,1-2H2,(H2,4,5,6). The van der Waals surface area contributed by atoms with Crippen LogP contribution in [0.3, 0.4) is 0 Å². The molecule has 0 saturated heterocycles. The van der Waals surface area contributed by atoms with Crippen molar-refractivity contribution in [2.24, 2.45) is 5.14 Å². The molecule has 0 aliphatic heterocycles. The maximum absolute atomic E-state index is 11.0. The van der Waals surface area contributed by atoms with E-state index in [2.05, 4.69) is 4.98 Å². The first-order chi connectivity index (χ1) is 9.81. The highest BCUT2D eigenvalue weighted by molar-refractivity contribution is 7.90. The second-order valence-electron chi connectivity index (χ2n) is 4.64. The Morgan fingerprint density at radius 1 is 1.38 bits per heavy atom. The maximum atomic E-state index is 11.0. The number of hydrogen-bond acceptors (Lipinski definition) is 4. The quantitative estimate of drug-likeness (QED) is 0.490. The molecule has 1 saturated carbocycles. The molecule has 1 fully saturated rings. The summed E-state index contributed by atoms with van der Waals surface area (Å²) in [6, 6.07) is 6.85. The number of fused-ring (bicyclic) bond motifs is 1. The van der Waals surface area contributed by atoms with Crippen LogP contribution in [0.1, 0.15) is 23.3 Å². The molecule has 0 bridgehead atoms. The van der Waals surface area contributed by atoms with E-state index in [1.807, 2.05) is 0 Å². The molecule has 5 N–H and O–H groups in total. The molecule has 7 nitrogen and oxygen atoms in total. The molecule has 1 aliphatic rings. The lowest BCUT2D eigenvalue weighted by Gasteiger charge is -1.91. The third-order valence-corrected chi connectivity index (χ3v) is 4.55. The van der Waals surface area contributed by atoms with Crippen LogP contribution >= 0.6 is 11.6 Å². The van der Waals surface area contributed by atoms with Crippen molar-refractivity contribution in [2.45, 2.75) is 18.1 Å². The van der Waals surface area contributed by atoms with Gasteiger partial charge in [-0.15, -0.1) is 0 Å². The minimum absolute atomic E-state index is 0.201. The van der Waals surface area contributed by atoms with Crippen molar-refractivity contribution < 1.29 is 18.4 Å². The van der Waals surface area contributed by atoms with E-state index in [1.165, 1.54) is 0 Å². The summed E-state index contributed by atoms with van der Waals surface area (Å²) in [4.78, 5) is 13.9. The molecule has 0 unspecified atom stereocenters. The van der Waals surface area contributed by atoms with Crippen molar-refractivity contribution in [2.75, 3.05) is 0 Å². The SMILES string of the molecule is NS(=O)(=O)C1CC1.O=C(NO)c1cc2cc(Cl)ccc2[nH]1. The first-order valence-corrected chi connectivity index (χ1v) is 8.04. The third-order valence-electron chi connectivity index (χ3n) is 2.92. The lowest BCUT2D eigenvalue weighted by atomic mass is 10.2. The van der Waals surface area contributed by atoms with E-state index < -0.39 is 15.9 Å². The van der Waals surface area contributed by atoms with E-state index >= 15 is 0 Å². The Labute approximate surface area is 126 Å². The van der Waals surface area contributed by atoms with Gasteiger partial charge in [0.15, 0.2) is 0 Å². The number of nitrogens with two attached hydrogens (primary N) is 1. The number of amides is 1. The molecule has 3 rings (SSSR count). The van der Waals surface area contributed by atoms with E-state index in [-0.39, 0.29) is 5.25 Å². The summed E-state index contributed by atoms with van der Waals surface area (Å²) in [6.07, 6.45) is 1.53. The zero-order chi connectivity index (χ0) is 15.6. The van der Waals surface area contributed by atoms with Crippen LogP contribution in [0.25, 0.3) is 10.9 Å². The van der Waals surface area contributed by atoms with Crippen LogP contribution in [0.5, 0.6) is 0 Å². The van der Waals surface area contributed by atoms with Crippen molar-refractivity contribution >= 4 is 38.4 Å². The van der Waals surface area contributed by atoms with Gasteiger partial charge in [-0.3, -0.25) is 10.0 Å². The van der Waals surface area contributed by atoms with Gasteiger partial charge in [-0.05, 0) is 37.1 Å².